The van der Waals surface area contributed by atoms with Gasteiger partial charge in [0.15, 0.2) is 0 Å². The first-order chi connectivity index (χ1) is 14.7. The van der Waals surface area contributed by atoms with Crippen molar-refractivity contribution in [2.45, 2.75) is 77.2 Å². The lowest BCUT2D eigenvalue weighted by Crippen LogP contribution is -2.40. The molecule has 0 N–H and O–H groups in total. The van der Waals surface area contributed by atoms with Gasteiger partial charge in [-0.05, 0) is 70.1 Å². The highest BCUT2D eigenvalue weighted by atomic mass is 32.2. The molecule has 1 aromatic rings. The van der Waals surface area contributed by atoms with E-state index in [0.29, 0.717) is 36.0 Å². The molecule has 0 bridgehead atoms. The topological polar surface area (TPSA) is 60.9 Å². The van der Waals surface area contributed by atoms with Crippen molar-refractivity contribution in [3.63, 3.8) is 0 Å². The summed E-state index contributed by atoms with van der Waals surface area (Å²) in [6, 6.07) is 5.38. The molecule has 0 aliphatic carbocycles. The second-order valence-electron chi connectivity index (χ2n) is 9.64. The molecule has 0 aromatic heterocycles. The lowest BCUT2D eigenvalue weighted by molar-refractivity contribution is 0.0681. The number of benzene rings is 1. The van der Waals surface area contributed by atoms with E-state index in [4.69, 9.17) is 0 Å². The zero-order valence-corrected chi connectivity index (χ0v) is 20.5. The first-order valence-electron chi connectivity index (χ1n) is 11.9. The molecule has 0 radical (unpaired) electrons. The molecule has 0 saturated carbocycles. The quantitative estimate of drug-likeness (QED) is 0.621. The van der Waals surface area contributed by atoms with Gasteiger partial charge >= 0.3 is 0 Å². The van der Waals surface area contributed by atoms with Crippen LogP contribution in [0.4, 0.5) is 5.69 Å². The Kier molecular flexibility index (Phi) is 8.03. The van der Waals surface area contributed by atoms with Crippen LogP contribution in [0.15, 0.2) is 23.1 Å². The van der Waals surface area contributed by atoms with Crippen LogP contribution in [0, 0.1) is 5.92 Å². The van der Waals surface area contributed by atoms with E-state index in [2.05, 4.69) is 18.7 Å². The average molecular weight is 450 g/mol. The van der Waals surface area contributed by atoms with Crippen molar-refractivity contribution in [1.82, 2.24) is 9.21 Å². The molecule has 1 amide bonds. The van der Waals surface area contributed by atoms with Gasteiger partial charge in [0.25, 0.3) is 5.91 Å². The van der Waals surface area contributed by atoms with Gasteiger partial charge in [0.1, 0.15) is 4.90 Å². The summed E-state index contributed by atoms with van der Waals surface area (Å²) in [6.45, 7) is 11.7. The van der Waals surface area contributed by atoms with Crippen LogP contribution in [0.3, 0.4) is 0 Å². The van der Waals surface area contributed by atoms with Crippen LogP contribution in [0.25, 0.3) is 0 Å². The minimum atomic E-state index is -3.65. The molecule has 0 unspecified atom stereocenters. The number of hydrogen-bond donors (Lipinski definition) is 0. The second-order valence-corrected chi connectivity index (χ2v) is 11.5. The molecule has 3 rings (SSSR count). The van der Waals surface area contributed by atoms with Gasteiger partial charge in [0.2, 0.25) is 10.0 Å². The number of piperidine rings is 2. The number of anilines is 1. The highest BCUT2D eigenvalue weighted by molar-refractivity contribution is 7.89. The molecular formula is C24H39N3O3S. The van der Waals surface area contributed by atoms with E-state index in [1.54, 1.807) is 10.4 Å². The number of amides is 1. The molecule has 174 valence electrons. The fourth-order valence-electron chi connectivity index (χ4n) is 4.58. The van der Waals surface area contributed by atoms with Crippen molar-refractivity contribution in [1.29, 1.82) is 0 Å². The molecule has 2 saturated heterocycles. The van der Waals surface area contributed by atoms with Gasteiger partial charge in [-0.3, -0.25) is 4.79 Å². The molecule has 0 atom stereocenters. The molecule has 2 heterocycles. The first-order valence-corrected chi connectivity index (χ1v) is 13.4. The number of sulfonamides is 1. The monoisotopic (exact) mass is 449 g/mol. The Hall–Kier alpha value is -1.60. The second kappa shape index (κ2) is 10.3. The van der Waals surface area contributed by atoms with Crippen molar-refractivity contribution in [2.75, 3.05) is 37.6 Å². The van der Waals surface area contributed by atoms with Crippen molar-refractivity contribution < 1.29 is 13.2 Å². The summed E-state index contributed by atoms with van der Waals surface area (Å²) in [7, 11) is -3.65. The maximum atomic E-state index is 13.7. The van der Waals surface area contributed by atoms with Crippen LogP contribution in [-0.2, 0) is 10.0 Å². The third-order valence-corrected chi connectivity index (χ3v) is 8.21. The molecule has 2 fully saturated rings. The lowest BCUT2D eigenvalue weighted by Gasteiger charge is -2.33. The van der Waals surface area contributed by atoms with Gasteiger partial charge in [-0.2, -0.15) is 4.31 Å². The molecule has 6 nitrogen and oxygen atoms in total. The molecule has 7 heteroatoms. The fourth-order valence-corrected chi connectivity index (χ4v) is 6.34. The number of nitrogens with zero attached hydrogens (tertiary/aromatic N) is 3. The Labute approximate surface area is 188 Å². The van der Waals surface area contributed by atoms with Gasteiger partial charge in [0.05, 0.1) is 5.69 Å². The summed E-state index contributed by atoms with van der Waals surface area (Å²) in [6.07, 6.45) is 6.18. The summed E-state index contributed by atoms with van der Waals surface area (Å²) in [5, 5.41) is 0. The number of hydrogen-bond acceptors (Lipinski definition) is 4. The van der Waals surface area contributed by atoms with E-state index in [1.807, 2.05) is 30.9 Å². The summed E-state index contributed by atoms with van der Waals surface area (Å²) in [5.74, 6) is 0.250. The van der Waals surface area contributed by atoms with Gasteiger partial charge in [-0.25, -0.2) is 8.42 Å². The summed E-state index contributed by atoms with van der Waals surface area (Å²) in [5.41, 5.74) is 1.22. The van der Waals surface area contributed by atoms with Gasteiger partial charge < -0.3 is 9.80 Å². The van der Waals surface area contributed by atoms with Gasteiger partial charge in [-0.15, -0.1) is 0 Å². The Bertz CT molecular complexity index is 855. The third-order valence-electron chi connectivity index (χ3n) is 6.28. The Morgan fingerprint density at radius 1 is 0.935 bits per heavy atom. The standard InChI is InChI=1S/C24H39N3O3S/c1-19(2)18-27(20(3)4)24(28)21-11-12-22(25-13-7-5-8-14-25)23(17-21)31(29,30)26-15-9-6-10-16-26/h11-12,17,19-20H,5-10,13-16,18H2,1-4H3. The van der Waals surface area contributed by atoms with Crippen LogP contribution in [-0.4, -0.2) is 62.3 Å². The normalized spacial score (nSPS) is 18.6. The van der Waals surface area contributed by atoms with E-state index >= 15 is 0 Å². The highest BCUT2D eigenvalue weighted by Gasteiger charge is 2.32. The van der Waals surface area contributed by atoms with Crippen molar-refractivity contribution in [2.24, 2.45) is 5.92 Å². The SMILES string of the molecule is CC(C)CN(C(=O)c1ccc(N2CCCCC2)c(S(=O)(=O)N2CCCCC2)c1)C(C)C. The van der Waals surface area contributed by atoms with Crippen LogP contribution in [0.1, 0.15) is 76.6 Å². The summed E-state index contributed by atoms with van der Waals surface area (Å²) >= 11 is 0. The fraction of sp³-hybridized carbons (Fsp3) is 0.708. The molecule has 2 aliphatic rings. The van der Waals surface area contributed by atoms with Crippen molar-refractivity contribution in [3.8, 4) is 0 Å². The zero-order valence-electron chi connectivity index (χ0n) is 19.6. The predicted molar refractivity (Wildman–Crippen MR) is 126 cm³/mol. The van der Waals surface area contributed by atoms with E-state index in [9.17, 15) is 13.2 Å². The van der Waals surface area contributed by atoms with Gasteiger partial charge in [0, 0.05) is 44.3 Å². The number of rotatable bonds is 7. The third kappa shape index (κ3) is 5.61. The smallest absolute Gasteiger partial charge is 0.254 e. The molecule has 1 aromatic carbocycles. The molecule has 0 spiro atoms. The number of carbonyl (C=O) groups excluding carboxylic acids is 1. The van der Waals surface area contributed by atoms with Crippen LogP contribution in [0.5, 0.6) is 0 Å². The Morgan fingerprint density at radius 3 is 2.06 bits per heavy atom. The van der Waals surface area contributed by atoms with Crippen LogP contribution in [0.2, 0.25) is 0 Å². The first kappa shape index (κ1) is 24.1. The Balaban J connectivity index is 2.03. The van der Waals surface area contributed by atoms with Crippen LogP contribution < -0.4 is 4.90 Å². The minimum absolute atomic E-state index is 0.0545. The predicted octanol–water partition coefficient (Wildman–Crippen LogP) is 4.36. The van der Waals surface area contributed by atoms with Crippen molar-refractivity contribution in [3.05, 3.63) is 23.8 Å². The molecule has 31 heavy (non-hydrogen) atoms. The van der Waals surface area contributed by atoms with E-state index < -0.39 is 10.0 Å². The molecule has 2 aliphatic heterocycles. The average Bonchev–Trinajstić information content (AvgIpc) is 2.77. The summed E-state index contributed by atoms with van der Waals surface area (Å²) in [4.78, 5) is 17.7. The van der Waals surface area contributed by atoms with Crippen molar-refractivity contribution >= 4 is 21.6 Å². The maximum Gasteiger partial charge on any atom is 0.254 e. The number of carbonyl (C=O) groups is 1. The summed E-state index contributed by atoms with van der Waals surface area (Å²) < 4.78 is 29.0. The maximum absolute atomic E-state index is 13.7. The minimum Gasteiger partial charge on any atom is -0.370 e. The van der Waals surface area contributed by atoms with Gasteiger partial charge in [-0.1, -0.05) is 20.3 Å². The Morgan fingerprint density at radius 2 is 1.52 bits per heavy atom. The van der Waals surface area contributed by atoms with E-state index in [1.165, 1.54) is 6.42 Å². The largest absolute Gasteiger partial charge is 0.370 e. The van der Waals surface area contributed by atoms with E-state index in [0.717, 1.165) is 50.9 Å². The molecular weight excluding hydrogens is 410 g/mol. The van der Waals surface area contributed by atoms with Crippen LogP contribution >= 0.6 is 0 Å². The zero-order chi connectivity index (χ0) is 22.6. The van der Waals surface area contributed by atoms with E-state index in [-0.39, 0.29) is 11.9 Å². The highest BCUT2D eigenvalue weighted by Crippen LogP contribution is 2.33. The lowest BCUT2D eigenvalue weighted by atomic mass is 10.1.